The summed E-state index contributed by atoms with van der Waals surface area (Å²) in [4.78, 5) is 14.3. The van der Waals surface area contributed by atoms with E-state index in [1.54, 1.807) is 25.1 Å². The molecule has 0 bridgehead atoms. The largest absolute Gasteiger partial charge is 0.382 e. The van der Waals surface area contributed by atoms with E-state index in [1.165, 1.54) is 11.1 Å². The van der Waals surface area contributed by atoms with Gasteiger partial charge in [0, 0.05) is 36.9 Å². The second-order valence-electron chi connectivity index (χ2n) is 7.11. The van der Waals surface area contributed by atoms with Crippen molar-refractivity contribution in [2.75, 3.05) is 18.4 Å². The molecule has 1 heterocycles. The number of nitrogens with one attached hydrogen (secondary N) is 1. The molecule has 0 amide bonds. The second-order valence-corrected chi connectivity index (χ2v) is 7.11. The molecule has 0 unspecified atom stereocenters. The Bertz CT molecular complexity index is 830. The van der Waals surface area contributed by atoms with Crippen molar-refractivity contribution >= 4 is 11.5 Å². The van der Waals surface area contributed by atoms with Crippen LogP contribution < -0.4 is 5.32 Å². The number of benzene rings is 2. The number of aryl methyl sites for hydroxylation is 1. The number of likely N-dealkylation sites (tertiary alicyclic amines) is 1. The zero-order chi connectivity index (χ0) is 18.5. The van der Waals surface area contributed by atoms with Gasteiger partial charge in [0.25, 0.3) is 0 Å². The normalized spacial score (nSPS) is 15.4. The summed E-state index contributed by atoms with van der Waals surface area (Å²) in [7, 11) is 0. The summed E-state index contributed by atoms with van der Waals surface area (Å²) in [6.07, 6.45) is 2.06. The molecule has 0 saturated carbocycles. The van der Waals surface area contributed by atoms with Gasteiger partial charge < -0.3 is 5.32 Å². The summed E-state index contributed by atoms with van der Waals surface area (Å²) >= 11 is 0. The smallest absolute Gasteiger partial charge is 0.161 e. The van der Waals surface area contributed by atoms with Crippen molar-refractivity contribution in [3.63, 3.8) is 0 Å². The maximum absolute atomic E-state index is 11.9. The van der Waals surface area contributed by atoms with E-state index in [-0.39, 0.29) is 5.78 Å². The summed E-state index contributed by atoms with van der Waals surface area (Å²) in [5, 5.41) is 12.6. The Morgan fingerprint density at radius 3 is 2.65 bits per heavy atom. The summed E-state index contributed by atoms with van der Waals surface area (Å²) in [5.41, 5.74) is 4.68. The number of piperidine rings is 1. The highest BCUT2D eigenvalue weighted by molar-refractivity contribution is 5.99. The van der Waals surface area contributed by atoms with Crippen LogP contribution in [0.5, 0.6) is 0 Å². The van der Waals surface area contributed by atoms with Crippen molar-refractivity contribution in [1.82, 2.24) is 4.90 Å². The third-order valence-electron chi connectivity index (χ3n) is 4.96. The summed E-state index contributed by atoms with van der Waals surface area (Å²) < 4.78 is 0. The standard InChI is InChI=1S/C22H25N3O/c1-16-4-3-5-19(12-16)15-25-10-8-20(9-11-25)24-22-13-18(14-23)6-7-21(22)17(2)26/h3-7,12-13,20,24H,8-11,15H2,1-2H3. The van der Waals surface area contributed by atoms with Gasteiger partial charge in [-0.25, -0.2) is 0 Å². The molecule has 1 aliphatic heterocycles. The van der Waals surface area contributed by atoms with Gasteiger partial charge in [0.05, 0.1) is 11.6 Å². The van der Waals surface area contributed by atoms with Gasteiger partial charge in [0.15, 0.2) is 5.78 Å². The van der Waals surface area contributed by atoms with E-state index in [0.29, 0.717) is 17.2 Å². The lowest BCUT2D eigenvalue weighted by Gasteiger charge is -2.33. The Kier molecular flexibility index (Phi) is 5.70. The average Bonchev–Trinajstić information content (AvgIpc) is 2.63. The maximum atomic E-state index is 11.9. The van der Waals surface area contributed by atoms with Gasteiger partial charge in [-0.15, -0.1) is 0 Å². The quantitative estimate of drug-likeness (QED) is 0.826. The van der Waals surface area contributed by atoms with Crippen LogP contribution in [0.4, 0.5) is 5.69 Å². The monoisotopic (exact) mass is 347 g/mol. The number of nitrogens with zero attached hydrogens (tertiary/aromatic N) is 2. The fourth-order valence-corrected chi connectivity index (χ4v) is 3.56. The van der Waals surface area contributed by atoms with Crippen molar-refractivity contribution in [2.45, 2.75) is 39.3 Å². The van der Waals surface area contributed by atoms with E-state index >= 15 is 0 Å². The minimum atomic E-state index is 0.0221. The Morgan fingerprint density at radius 2 is 2.00 bits per heavy atom. The van der Waals surface area contributed by atoms with Gasteiger partial charge in [-0.1, -0.05) is 29.8 Å². The summed E-state index contributed by atoms with van der Waals surface area (Å²) in [6, 6.07) is 16.4. The van der Waals surface area contributed by atoms with Crippen LogP contribution in [0.2, 0.25) is 0 Å². The molecule has 2 aromatic rings. The summed E-state index contributed by atoms with van der Waals surface area (Å²) in [5.74, 6) is 0.0221. The molecule has 1 fully saturated rings. The average molecular weight is 347 g/mol. The zero-order valence-corrected chi connectivity index (χ0v) is 15.5. The number of ketones is 1. The van der Waals surface area contributed by atoms with Gasteiger partial charge in [-0.3, -0.25) is 9.69 Å². The Hall–Kier alpha value is -2.64. The molecule has 0 aromatic heterocycles. The van der Waals surface area contributed by atoms with Gasteiger partial charge in [-0.05, 0) is 50.5 Å². The van der Waals surface area contributed by atoms with Crippen LogP contribution in [0.1, 0.15) is 46.8 Å². The lowest BCUT2D eigenvalue weighted by atomic mass is 10.0. The van der Waals surface area contributed by atoms with Crippen LogP contribution in [0.3, 0.4) is 0 Å². The van der Waals surface area contributed by atoms with E-state index in [9.17, 15) is 4.79 Å². The SMILES string of the molecule is CC(=O)c1ccc(C#N)cc1NC1CCN(Cc2cccc(C)c2)CC1. The predicted octanol–water partition coefficient (Wildman–Crippen LogP) is 4.15. The van der Waals surface area contributed by atoms with Crippen LogP contribution in [-0.4, -0.2) is 29.8 Å². The molecular weight excluding hydrogens is 322 g/mol. The van der Waals surface area contributed by atoms with Crippen LogP contribution in [0, 0.1) is 18.3 Å². The molecule has 3 rings (SSSR count). The Labute approximate surface area is 155 Å². The molecule has 1 aliphatic rings. The van der Waals surface area contributed by atoms with Crippen LogP contribution >= 0.6 is 0 Å². The molecule has 1 N–H and O–H groups in total. The van der Waals surface area contributed by atoms with Crippen molar-refractivity contribution < 1.29 is 4.79 Å². The lowest BCUT2D eigenvalue weighted by Crippen LogP contribution is -2.38. The molecule has 4 nitrogen and oxygen atoms in total. The van der Waals surface area contributed by atoms with Crippen molar-refractivity contribution in [3.8, 4) is 6.07 Å². The highest BCUT2D eigenvalue weighted by Crippen LogP contribution is 2.23. The number of hydrogen-bond acceptors (Lipinski definition) is 4. The third kappa shape index (κ3) is 4.50. The highest BCUT2D eigenvalue weighted by atomic mass is 16.1. The number of nitriles is 1. The number of carbonyl (C=O) groups excluding carboxylic acids is 1. The first-order valence-corrected chi connectivity index (χ1v) is 9.14. The Morgan fingerprint density at radius 1 is 1.23 bits per heavy atom. The van der Waals surface area contributed by atoms with E-state index in [1.807, 2.05) is 0 Å². The molecule has 4 heteroatoms. The number of anilines is 1. The van der Waals surface area contributed by atoms with Gasteiger partial charge in [0.1, 0.15) is 0 Å². The molecule has 0 aliphatic carbocycles. The first kappa shape index (κ1) is 18.2. The van der Waals surface area contributed by atoms with E-state index in [4.69, 9.17) is 5.26 Å². The molecule has 0 radical (unpaired) electrons. The highest BCUT2D eigenvalue weighted by Gasteiger charge is 2.20. The molecule has 0 spiro atoms. The molecular formula is C22H25N3O. The number of Topliss-reactive ketones (excluding diaryl/α,β-unsaturated/α-hetero) is 1. The second kappa shape index (κ2) is 8.16. The number of rotatable bonds is 5. The zero-order valence-electron chi connectivity index (χ0n) is 15.5. The first-order chi connectivity index (χ1) is 12.5. The molecule has 26 heavy (non-hydrogen) atoms. The fourth-order valence-electron chi connectivity index (χ4n) is 3.56. The molecule has 0 atom stereocenters. The van der Waals surface area contributed by atoms with Gasteiger partial charge in [-0.2, -0.15) is 5.26 Å². The molecule has 2 aromatic carbocycles. The van der Waals surface area contributed by atoms with Gasteiger partial charge >= 0.3 is 0 Å². The third-order valence-corrected chi connectivity index (χ3v) is 4.96. The predicted molar refractivity (Wildman–Crippen MR) is 104 cm³/mol. The van der Waals surface area contributed by atoms with Crippen LogP contribution in [-0.2, 0) is 6.54 Å². The molecule has 1 saturated heterocycles. The van der Waals surface area contributed by atoms with E-state index in [0.717, 1.165) is 38.2 Å². The van der Waals surface area contributed by atoms with Crippen molar-refractivity contribution in [3.05, 3.63) is 64.7 Å². The van der Waals surface area contributed by atoms with Gasteiger partial charge in [0.2, 0.25) is 0 Å². The van der Waals surface area contributed by atoms with Crippen LogP contribution in [0.15, 0.2) is 42.5 Å². The minimum absolute atomic E-state index is 0.0221. The Balaban J connectivity index is 1.61. The number of hydrogen-bond donors (Lipinski definition) is 1. The fraction of sp³-hybridized carbons (Fsp3) is 0.364. The molecule has 134 valence electrons. The van der Waals surface area contributed by atoms with E-state index in [2.05, 4.69) is 47.5 Å². The first-order valence-electron chi connectivity index (χ1n) is 9.14. The maximum Gasteiger partial charge on any atom is 0.161 e. The van der Waals surface area contributed by atoms with E-state index < -0.39 is 0 Å². The topological polar surface area (TPSA) is 56.1 Å². The van der Waals surface area contributed by atoms with Crippen molar-refractivity contribution in [2.24, 2.45) is 0 Å². The number of carbonyl (C=O) groups is 1. The lowest BCUT2D eigenvalue weighted by molar-refractivity contribution is 0.101. The minimum Gasteiger partial charge on any atom is -0.382 e. The van der Waals surface area contributed by atoms with Crippen molar-refractivity contribution in [1.29, 1.82) is 5.26 Å². The summed E-state index contributed by atoms with van der Waals surface area (Å²) in [6.45, 7) is 6.73. The van der Waals surface area contributed by atoms with Crippen LogP contribution in [0.25, 0.3) is 0 Å².